The number of benzene rings is 2. The molecular formula is C29H27F3N4O4. The zero-order valence-corrected chi connectivity index (χ0v) is 21.8. The van der Waals surface area contributed by atoms with E-state index in [0.29, 0.717) is 23.6 Å². The molecule has 3 aliphatic rings. The molecule has 1 aromatic heterocycles. The van der Waals surface area contributed by atoms with Gasteiger partial charge in [0.25, 0.3) is 0 Å². The maximum atomic E-state index is 13.0. The minimum Gasteiger partial charge on any atom is -0.473 e. The summed E-state index contributed by atoms with van der Waals surface area (Å²) in [6, 6.07) is 13.2. The van der Waals surface area contributed by atoms with Crippen LogP contribution in [-0.2, 0) is 24.1 Å². The number of rotatable bonds is 6. The molecule has 1 atom stereocenters. The van der Waals surface area contributed by atoms with Gasteiger partial charge in [0.1, 0.15) is 30.0 Å². The molecule has 1 unspecified atom stereocenters. The van der Waals surface area contributed by atoms with Gasteiger partial charge in [0.05, 0.1) is 17.2 Å². The average Bonchev–Trinajstić information content (AvgIpc) is 3.28. The van der Waals surface area contributed by atoms with Crippen LogP contribution >= 0.6 is 0 Å². The highest BCUT2D eigenvalue weighted by Gasteiger charge is 2.50. The first-order valence-corrected chi connectivity index (χ1v) is 13.1. The second-order valence-electron chi connectivity index (χ2n) is 10.8. The molecule has 40 heavy (non-hydrogen) atoms. The molecule has 0 N–H and O–H groups in total. The van der Waals surface area contributed by atoms with Crippen molar-refractivity contribution < 1.29 is 27.4 Å². The number of fused-ring (bicyclic) bond motifs is 3. The predicted octanol–water partition coefficient (Wildman–Crippen LogP) is 5.28. The Morgan fingerprint density at radius 3 is 2.73 bits per heavy atom. The maximum Gasteiger partial charge on any atom is 0.416 e. The summed E-state index contributed by atoms with van der Waals surface area (Å²) in [7, 11) is 1.76. The number of hydrogen-bond donors (Lipinski definition) is 0. The van der Waals surface area contributed by atoms with E-state index >= 15 is 0 Å². The Morgan fingerprint density at radius 1 is 1.15 bits per heavy atom. The van der Waals surface area contributed by atoms with Crippen LogP contribution in [0, 0.1) is 16.7 Å². The van der Waals surface area contributed by atoms with Crippen molar-refractivity contribution >= 4 is 5.82 Å². The van der Waals surface area contributed by atoms with E-state index in [1.165, 1.54) is 24.3 Å². The Labute approximate surface area is 228 Å². The van der Waals surface area contributed by atoms with Gasteiger partial charge in [-0.05, 0) is 67.0 Å². The van der Waals surface area contributed by atoms with E-state index in [4.69, 9.17) is 14.2 Å². The summed E-state index contributed by atoms with van der Waals surface area (Å²) in [5.74, 6) is 1.09. The number of anilines is 1. The van der Waals surface area contributed by atoms with E-state index in [9.17, 15) is 23.2 Å². The van der Waals surface area contributed by atoms with Gasteiger partial charge in [-0.1, -0.05) is 12.1 Å². The van der Waals surface area contributed by atoms with Gasteiger partial charge in [0.2, 0.25) is 5.88 Å². The van der Waals surface area contributed by atoms with Crippen LogP contribution in [-0.4, -0.2) is 35.4 Å². The zero-order valence-electron chi connectivity index (χ0n) is 21.8. The van der Waals surface area contributed by atoms with Gasteiger partial charge < -0.3 is 19.1 Å². The Hall–Kier alpha value is -4.04. The van der Waals surface area contributed by atoms with Crippen molar-refractivity contribution in [2.45, 2.75) is 57.2 Å². The molecule has 2 fully saturated rings. The third-order valence-corrected chi connectivity index (χ3v) is 8.24. The second kappa shape index (κ2) is 9.86. The molecule has 1 saturated carbocycles. The number of aromatic nitrogens is 2. The van der Waals surface area contributed by atoms with Crippen molar-refractivity contribution in [3.8, 4) is 23.4 Å². The Morgan fingerprint density at radius 2 is 1.98 bits per heavy atom. The van der Waals surface area contributed by atoms with Crippen molar-refractivity contribution in [2.75, 3.05) is 18.6 Å². The van der Waals surface area contributed by atoms with E-state index in [0.717, 1.165) is 50.2 Å². The standard InChI is InChI=1S/C29H27F3N4O4/c1-38-23-13-28(14-23)7-8-35-21(12-28)16-36-26(35)11-25(34-27(36)37)39-17-18-5-6-24(19(9-18)15-33)40-22-4-2-3-20(10-22)29(30,31)32/h2-6,9-11,21,23H,7-8,12-14,16-17H2,1H3. The lowest BCUT2D eigenvalue weighted by molar-refractivity contribution is -0.137. The molecule has 3 aromatic rings. The molecule has 1 aliphatic carbocycles. The van der Waals surface area contributed by atoms with E-state index in [1.54, 1.807) is 23.8 Å². The topological polar surface area (TPSA) is 89.6 Å². The van der Waals surface area contributed by atoms with Gasteiger partial charge in [-0.15, -0.1) is 0 Å². The van der Waals surface area contributed by atoms with Crippen LogP contribution in [0.1, 0.15) is 42.4 Å². The van der Waals surface area contributed by atoms with Crippen LogP contribution in [0.2, 0.25) is 0 Å². The molecule has 11 heteroatoms. The van der Waals surface area contributed by atoms with Gasteiger partial charge in [-0.3, -0.25) is 4.57 Å². The van der Waals surface area contributed by atoms with Gasteiger partial charge in [-0.2, -0.15) is 23.4 Å². The summed E-state index contributed by atoms with van der Waals surface area (Å²) >= 11 is 0. The molecular weight excluding hydrogens is 525 g/mol. The third kappa shape index (κ3) is 4.88. The van der Waals surface area contributed by atoms with E-state index in [-0.39, 0.29) is 41.3 Å². The van der Waals surface area contributed by atoms with Crippen molar-refractivity contribution in [1.29, 1.82) is 5.26 Å². The van der Waals surface area contributed by atoms with Crippen LogP contribution < -0.4 is 20.1 Å². The highest BCUT2D eigenvalue weighted by molar-refractivity contribution is 5.49. The molecule has 8 nitrogen and oxygen atoms in total. The molecule has 2 aromatic carbocycles. The minimum absolute atomic E-state index is 0.0316. The SMILES string of the molecule is COC1CC2(CCN3c4cc(OCc5ccc(Oc6cccc(C(F)(F)F)c6)c(C#N)c5)nc(=O)n4CC3C2)C1. The second-order valence-corrected chi connectivity index (χ2v) is 10.8. The molecule has 0 radical (unpaired) electrons. The lowest BCUT2D eigenvalue weighted by Crippen LogP contribution is -2.53. The minimum atomic E-state index is -4.51. The molecule has 1 spiro atoms. The van der Waals surface area contributed by atoms with Gasteiger partial charge in [0.15, 0.2) is 0 Å². The largest absolute Gasteiger partial charge is 0.473 e. The maximum absolute atomic E-state index is 13.0. The number of ether oxygens (including phenoxy) is 3. The van der Waals surface area contributed by atoms with Crippen molar-refractivity contribution in [3.63, 3.8) is 0 Å². The normalized spacial score (nSPS) is 23.2. The summed E-state index contributed by atoms with van der Waals surface area (Å²) in [5.41, 5.74) is -0.148. The van der Waals surface area contributed by atoms with Crippen LogP contribution in [0.25, 0.3) is 0 Å². The van der Waals surface area contributed by atoms with E-state index < -0.39 is 11.7 Å². The van der Waals surface area contributed by atoms with E-state index in [2.05, 4.69) is 9.88 Å². The number of nitriles is 1. The van der Waals surface area contributed by atoms with Gasteiger partial charge in [-0.25, -0.2) is 4.79 Å². The first kappa shape index (κ1) is 26.2. The zero-order chi connectivity index (χ0) is 28.1. The van der Waals surface area contributed by atoms with E-state index in [1.807, 2.05) is 6.07 Å². The number of hydrogen-bond acceptors (Lipinski definition) is 7. The highest BCUT2D eigenvalue weighted by atomic mass is 19.4. The summed E-state index contributed by atoms with van der Waals surface area (Å²) in [6.45, 7) is 1.52. The average molecular weight is 553 g/mol. The van der Waals surface area contributed by atoms with Gasteiger partial charge in [0, 0.05) is 32.3 Å². The number of piperidine rings is 1. The number of halogens is 3. The lowest BCUT2D eigenvalue weighted by Gasteiger charge is -2.53. The van der Waals surface area contributed by atoms with Crippen molar-refractivity contribution in [2.24, 2.45) is 5.41 Å². The number of alkyl halides is 3. The fourth-order valence-electron chi connectivity index (χ4n) is 6.19. The summed E-state index contributed by atoms with van der Waals surface area (Å²) < 4.78 is 57.7. The molecule has 0 bridgehead atoms. The molecule has 1 saturated heterocycles. The first-order chi connectivity index (χ1) is 19.2. The van der Waals surface area contributed by atoms with Crippen molar-refractivity contribution in [3.05, 3.63) is 75.7 Å². The first-order valence-electron chi connectivity index (χ1n) is 13.1. The van der Waals surface area contributed by atoms with Crippen LogP contribution in [0.3, 0.4) is 0 Å². The Kier molecular flexibility index (Phi) is 6.45. The summed E-state index contributed by atoms with van der Waals surface area (Å²) in [5, 5.41) is 9.61. The monoisotopic (exact) mass is 552 g/mol. The fraction of sp³-hybridized carbons (Fsp3) is 0.414. The molecule has 0 amide bonds. The Balaban J connectivity index is 1.13. The third-order valence-electron chi connectivity index (χ3n) is 8.24. The predicted molar refractivity (Wildman–Crippen MR) is 138 cm³/mol. The smallest absolute Gasteiger partial charge is 0.416 e. The summed E-state index contributed by atoms with van der Waals surface area (Å²) in [4.78, 5) is 19.2. The number of methoxy groups -OCH3 is 1. The van der Waals surface area contributed by atoms with Gasteiger partial charge >= 0.3 is 11.9 Å². The number of nitrogens with zero attached hydrogens (tertiary/aromatic N) is 4. The van der Waals surface area contributed by atoms with Crippen molar-refractivity contribution in [1.82, 2.24) is 9.55 Å². The quantitative estimate of drug-likeness (QED) is 0.411. The lowest BCUT2D eigenvalue weighted by atomic mass is 9.60. The van der Waals surface area contributed by atoms with Crippen LogP contribution in [0.15, 0.2) is 53.3 Å². The Bertz CT molecular complexity index is 1540. The molecule has 6 rings (SSSR count). The molecule has 2 aliphatic heterocycles. The highest BCUT2D eigenvalue weighted by Crippen LogP contribution is 2.53. The van der Waals surface area contributed by atoms with Crippen LogP contribution in [0.5, 0.6) is 17.4 Å². The molecule has 208 valence electrons. The summed E-state index contributed by atoms with van der Waals surface area (Å²) in [6.07, 6.45) is 0.0502. The fourth-order valence-corrected chi connectivity index (χ4v) is 6.19. The van der Waals surface area contributed by atoms with Crippen LogP contribution in [0.4, 0.5) is 19.0 Å². The molecule has 3 heterocycles.